The van der Waals surface area contributed by atoms with Gasteiger partial charge in [0.1, 0.15) is 0 Å². The van der Waals surface area contributed by atoms with Gasteiger partial charge in [-0.25, -0.2) is 0 Å². The minimum atomic E-state index is -0.362. The third kappa shape index (κ3) is 4.36. The summed E-state index contributed by atoms with van der Waals surface area (Å²) in [6.07, 6.45) is 5.25. The van der Waals surface area contributed by atoms with Crippen LogP contribution in [-0.2, 0) is 14.9 Å². The van der Waals surface area contributed by atoms with Crippen LogP contribution in [0.15, 0.2) is 24.3 Å². The van der Waals surface area contributed by atoms with Crippen LogP contribution in [0.1, 0.15) is 37.7 Å². The number of carbonyl (C=O) groups excluding carboxylic acids is 1. The highest BCUT2D eigenvalue weighted by Gasteiger charge is 2.42. The molecule has 2 fully saturated rings. The summed E-state index contributed by atoms with van der Waals surface area (Å²) in [6.45, 7) is 4.69. The fourth-order valence-corrected chi connectivity index (χ4v) is 4.43. The van der Waals surface area contributed by atoms with E-state index in [1.165, 1.54) is 0 Å². The average molecular weight is 365 g/mol. The third-order valence-corrected chi connectivity index (χ3v) is 6.07. The van der Waals surface area contributed by atoms with Gasteiger partial charge in [0.05, 0.1) is 12.0 Å². The molecule has 1 saturated heterocycles. The van der Waals surface area contributed by atoms with Crippen molar-refractivity contribution >= 4 is 17.5 Å². The minimum absolute atomic E-state index is 0.197. The maximum atomic E-state index is 13.1. The molecule has 1 amide bonds. The number of methoxy groups -OCH3 is 1. The number of likely N-dealkylation sites (tertiary alicyclic amines) is 1. The Morgan fingerprint density at radius 3 is 2.72 bits per heavy atom. The number of hydrogen-bond donors (Lipinski definition) is 1. The standard InChI is InChI=1S/C20H29ClN2O2/c1-25-13-12-23-11-8-16(15-23)14-22-19(24)20(9-2-3-10-20)17-4-6-18(21)7-5-17/h4-7,16H,2-3,8-15H2,1H3,(H,22,24)/t16-/m0/s1. The van der Waals surface area contributed by atoms with Crippen LogP contribution in [0.3, 0.4) is 0 Å². The number of halogens is 1. The fourth-order valence-electron chi connectivity index (χ4n) is 4.30. The molecule has 0 bridgehead atoms. The Labute approximate surface area is 155 Å². The molecule has 1 aliphatic carbocycles. The Hall–Kier alpha value is -1.10. The lowest BCUT2D eigenvalue weighted by Crippen LogP contribution is -2.44. The molecule has 5 heteroatoms. The van der Waals surface area contributed by atoms with Crippen LogP contribution in [0.2, 0.25) is 5.02 Å². The van der Waals surface area contributed by atoms with Crippen molar-refractivity contribution in [2.75, 3.05) is 39.9 Å². The molecular weight excluding hydrogens is 336 g/mol. The van der Waals surface area contributed by atoms with E-state index in [1.54, 1.807) is 7.11 Å². The van der Waals surface area contributed by atoms with Gasteiger partial charge >= 0.3 is 0 Å². The summed E-state index contributed by atoms with van der Waals surface area (Å²) in [5.74, 6) is 0.743. The largest absolute Gasteiger partial charge is 0.383 e. The lowest BCUT2D eigenvalue weighted by molar-refractivity contribution is -0.126. The Morgan fingerprint density at radius 1 is 1.32 bits per heavy atom. The lowest BCUT2D eigenvalue weighted by Gasteiger charge is -2.29. The summed E-state index contributed by atoms with van der Waals surface area (Å²) < 4.78 is 5.15. The first kappa shape index (κ1) is 18.7. The van der Waals surface area contributed by atoms with Gasteiger partial charge in [0.25, 0.3) is 0 Å². The van der Waals surface area contributed by atoms with Gasteiger partial charge in [0, 0.05) is 31.8 Å². The Balaban J connectivity index is 1.58. The van der Waals surface area contributed by atoms with Gasteiger partial charge in [-0.15, -0.1) is 0 Å². The maximum absolute atomic E-state index is 13.1. The molecule has 2 aliphatic rings. The first-order valence-electron chi connectivity index (χ1n) is 9.40. The topological polar surface area (TPSA) is 41.6 Å². The van der Waals surface area contributed by atoms with Crippen molar-refractivity contribution in [2.45, 2.75) is 37.5 Å². The molecule has 0 spiro atoms. The monoisotopic (exact) mass is 364 g/mol. The summed E-state index contributed by atoms with van der Waals surface area (Å²) in [7, 11) is 1.74. The zero-order chi connectivity index (χ0) is 17.7. The molecule has 1 aromatic carbocycles. The van der Waals surface area contributed by atoms with Crippen molar-refractivity contribution in [2.24, 2.45) is 5.92 Å². The second-order valence-electron chi connectivity index (χ2n) is 7.45. The van der Waals surface area contributed by atoms with Gasteiger partial charge in [-0.3, -0.25) is 4.79 Å². The normalized spacial score (nSPS) is 23.0. The van der Waals surface area contributed by atoms with Crippen molar-refractivity contribution in [3.63, 3.8) is 0 Å². The number of benzene rings is 1. The summed E-state index contributed by atoms with van der Waals surface area (Å²) in [4.78, 5) is 15.5. The van der Waals surface area contributed by atoms with E-state index in [0.29, 0.717) is 5.92 Å². The number of carbonyl (C=O) groups is 1. The Kier molecular flexibility index (Phi) is 6.37. The molecule has 138 valence electrons. The summed E-state index contributed by atoms with van der Waals surface area (Å²) >= 11 is 6.03. The van der Waals surface area contributed by atoms with Crippen molar-refractivity contribution < 1.29 is 9.53 Å². The molecule has 1 aromatic rings. The molecule has 0 aromatic heterocycles. The van der Waals surface area contributed by atoms with Crippen molar-refractivity contribution in [1.82, 2.24) is 10.2 Å². The van der Waals surface area contributed by atoms with E-state index in [4.69, 9.17) is 16.3 Å². The van der Waals surface area contributed by atoms with E-state index in [2.05, 4.69) is 10.2 Å². The molecule has 1 atom stereocenters. The van der Waals surface area contributed by atoms with Gasteiger partial charge in [0.2, 0.25) is 5.91 Å². The SMILES string of the molecule is COCCN1CC[C@@H](CNC(=O)C2(c3ccc(Cl)cc3)CCCC2)C1. The van der Waals surface area contributed by atoms with Gasteiger partial charge in [-0.05, 0) is 49.4 Å². The van der Waals surface area contributed by atoms with Gasteiger partial charge in [-0.2, -0.15) is 0 Å². The predicted octanol–water partition coefficient (Wildman–Crippen LogP) is 3.24. The highest BCUT2D eigenvalue weighted by atomic mass is 35.5. The van der Waals surface area contributed by atoms with Crippen LogP contribution in [0.5, 0.6) is 0 Å². The van der Waals surface area contributed by atoms with Crippen LogP contribution >= 0.6 is 11.6 Å². The van der Waals surface area contributed by atoms with E-state index in [0.717, 1.165) is 75.5 Å². The van der Waals surface area contributed by atoms with Gasteiger partial charge in [-0.1, -0.05) is 36.6 Å². The third-order valence-electron chi connectivity index (χ3n) is 5.82. The number of hydrogen-bond acceptors (Lipinski definition) is 3. The molecule has 0 unspecified atom stereocenters. The second kappa shape index (κ2) is 8.52. The zero-order valence-electron chi connectivity index (χ0n) is 15.1. The molecule has 3 rings (SSSR count). The first-order valence-corrected chi connectivity index (χ1v) is 9.77. The number of amides is 1. The number of nitrogens with one attached hydrogen (secondary N) is 1. The van der Waals surface area contributed by atoms with Crippen molar-refractivity contribution in [3.05, 3.63) is 34.9 Å². The van der Waals surface area contributed by atoms with Crippen LogP contribution in [-0.4, -0.2) is 50.7 Å². The Bertz CT molecular complexity index is 570. The highest BCUT2D eigenvalue weighted by molar-refractivity contribution is 6.30. The smallest absolute Gasteiger partial charge is 0.230 e. The van der Waals surface area contributed by atoms with Gasteiger partial charge in [0.15, 0.2) is 0 Å². The summed E-state index contributed by atoms with van der Waals surface area (Å²) in [5.41, 5.74) is 0.749. The maximum Gasteiger partial charge on any atom is 0.230 e. The van der Waals surface area contributed by atoms with E-state index < -0.39 is 0 Å². The first-order chi connectivity index (χ1) is 12.1. The van der Waals surface area contributed by atoms with E-state index in [1.807, 2.05) is 24.3 Å². The Morgan fingerprint density at radius 2 is 2.04 bits per heavy atom. The van der Waals surface area contributed by atoms with Crippen LogP contribution < -0.4 is 5.32 Å². The second-order valence-corrected chi connectivity index (χ2v) is 7.89. The quantitative estimate of drug-likeness (QED) is 0.807. The van der Waals surface area contributed by atoms with Gasteiger partial charge < -0.3 is 15.0 Å². The molecule has 0 radical (unpaired) electrons. The van der Waals surface area contributed by atoms with E-state index >= 15 is 0 Å². The van der Waals surface area contributed by atoms with E-state index in [9.17, 15) is 4.79 Å². The van der Waals surface area contributed by atoms with Crippen molar-refractivity contribution in [3.8, 4) is 0 Å². The lowest BCUT2D eigenvalue weighted by atomic mass is 9.78. The highest BCUT2D eigenvalue weighted by Crippen LogP contribution is 2.41. The minimum Gasteiger partial charge on any atom is -0.383 e. The molecule has 25 heavy (non-hydrogen) atoms. The number of rotatable bonds is 7. The molecular formula is C20H29ClN2O2. The molecule has 1 N–H and O–H groups in total. The van der Waals surface area contributed by atoms with Crippen molar-refractivity contribution in [1.29, 1.82) is 0 Å². The molecule has 1 saturated carbocycles. The summed E-state index contributed by atoms with van der Waals surface area (Å²) in [6, 6.07) is 7.84. The molecule has 1 heterocycles. The number of ether oxygens (including phenoxy) is 1. The van der Waals surface area contributed by atoms with Crippen LogP contribution in [0.25, 0.3) is 0 Å². The molecule has 4 nitrogen and oxygen atoms in total. The zero-order valence-corrected chi connectivity index (χ0v) is 15.9. The predicted molar refractivity (Wildman–Crippen MR) is 101 cm³/mol. The fraction of sp³-hybridized carbons (Fsp3) is 0.650. The average Bonchev–Trinajstić information content (AvgIpc) is 3.29. The van der Waals surface area contributed by atoms with E-state index in [-0.39, 0.29) is 11.3 Å². The molecule has 1 aliphatic heterocycles. The van der Waals surface area contributed by atoms with Crippen LogP contribution in [0, 0.1) is 5.92 Å². The summed E-state index contributed by atoms with van der Waals surface area (Å²) in [5, 5.41) is 3.99. The number of nitrogens with zero attached hydrogens (tertiary/aromatic N) is 1. The van der Waals surface area contributed by atoms with Crippen LogP contribution in [0.4, 0.5) is 0 Å².